The van der Waals surface area contributed by atoms with Gasteiger partial charge in [-0.1, -0.05) is 6.42 Å². The first-order valence-corrected chi connectivity index (χ1v) is 5.53. The molecule has 4 heteroatoms. The van der Waals surface area contributed by atoms with Crippen LogP contribution in [0.25, 0.3) is 0 Å². The lowest BCUT2D eigenvalue weighted by Crippen LogP contribution is -2.42. The van der Waals surface area contributed by atoms with E-state index >= 15 is 0 Å². The van der Waals surface area contributed by atoms with E-state index in [4.69, 9.17) is 16.2 Å². The zero-order chi connectivity index (χ0) is 11.6. The number of nitrogens with two attached hydrogens (primary N) is 2. The van der Waals surface area contributed by atoms with Crippen LogP contribution in [0.4, 0.5) is 10.1 Å². The Morgan fingerprint density at radius 3 is 2.62 bits per heavy atom. The fourth-order valence-corrected chi connectivity index (χ4v) is 1.95. The van der Waals surface area contributed by atoms with Gasteiger partial charge in [-0.2, -0.15) is 0 Å². The third-order valence-electron chi connectivity index (χ3n) is 3.34. The quantitative estimate of drug-likeness (QED) is 0.768. The molecule has 0 amide bonds. The molecule has 16 heavy (non-hydrogen) atoms. The summed E-state index contributed by atoms with van der Waals surface area (Å²) >= 11 is 0. The maximum atomic E-state index is 13.4. The van der Waals surface area contributed by atoms with Gasteiger partial charge in [-0.15, -0.1) is 0 Å². The second-order valence-corrected chi connectivity index (χ2v) is 4.54. The average molecular weight is 224 g/mol. The fraction of sp³-hybridized carbons (Fsp3) is 0.500. The van der Waals surface area contributed by atoms with Gasteiger partial charge < -0.3 is 16.2 Å². The first-order chi connectivity index (χ1) is 7.65. The molecule has 2 rings (SSSR count). The molecule has 1 aliphatic carbocycles. The molecule has 0 radical (unpaired) electrons. The summed E-state index contributed by atoms with van der Waals surface area (Å²) in [6.45, 7) is 1.09. The molecular formula is C12H17FN2O. The lowest BCUT2D eigenvalue weighted by Gasteiger charge is -2.40. The first-order valence-electron chi connectivity index (χ1n) is 5.53. The molecule has 0 saturated heterocycles. The Labute approximate surface area is 94.6 Å². The molecule has 4 N–H and O–H groups in total. The van der Waals surface area contributed by atoms with Crippen LogP contribution in [0.1, 0.15) is 19.3 Å². The minimum Gasteiger partial charge on any atom is -0.490 e. The molecule has 0 aromatic heterocycles. The fourth-order valence-electron chi connectivity index (χ4n) is 1.95. The standard InChI is InChI=1S/C12H17FN2O/c13-10-6-9(15)2-3-11(10)16-8-12(7-14)4-1-5-12/h2-3,6H,1,4-5,7-8,14-15H2. The lowest BCUT2D eigenvalue weighted by molar-refractivity contribution is 0.0647. The van der Waals surface area contributed by atoms with E-state index in [-0.39, 0.29) is 11.2 Å². The summed E-state index contributed by atoms with van der Waals surface area (Å²) in [5, 5.41) is 0. The van der Waals surface area contributed by atoms with Gasteiger partial charge in [0, 0.05) is 23.7 Å². The van der Waals surface area contributed by atoms with Crippen molar-refractivity contribution in [3.63, 3.8) is 0 Å². The number of ether oxygens (including phenoxy) is 1. The second kappa shape index (κ2) is 4.29. The minimum atomic E-state index is -0.411. The number of benzene rings is 1. The van der Waals surface area contributed by atoms with Gasteiger partial charge in [0.05, 0.1) is 6.61 Å². The SMILES string of the molecule is NCC1(COc2ccc(N)cc2F)CCC1. The summed E-state index contributed by atoms with van der Waals surface area (Å²) in [7, 11) is 0. The Hall–Kier alpha value is -1.29. The van der Waals surface area contributed by atoms with Gasteiger partial charge in [-0.3, -0.25) is 0 Å². The van der Waals surface area contributed by atoms with E-state index in [9.17, 15) is 4.39 Å². The molecule has 0 aliphatic heterocycles. The summed E-state index contributed by atoms with van der Waals surface area (Å²) < 4.78 is 18.9. The van der Waals surface area contributed by atoms with Gasteiger partial charge in [-0.05, 0) is 25.0 Å². The maximum absolute atomic E-state index is 13.4. The predicted molar refractivity (Wildman–Crippen MR) is 61.6 cm³/mol. The van der Waals surface area contributed by atoms with Crippen molar-refractivity contribution in [1.82, 2.24) is 0 Å². The van der Waals surface area contributed by atoms with E-state index < -0.39 is 5.82 Å². The number of halogens is 1. The van der Waals surface area contributed by atoms with Crippen molar-refractivity contribution in [3.8, 4) is 5.75 Å². The normalized spacial score (nSPS) is 17.9. The van der Waals surface area contributed by atoms with Gasteiger partial charge in [0.1, 0.15) is 0 Å². The zero-order valence-electron chi connectivity index (χ0n) is 9.21. The Kier molecular flexibility index (Phi) is 3.01. The Morgan fingerprint density at radius 2 is 2.12 bits per heavy atom. The lowest BCUT2D eigenvalue weighted by atomic mass is 9.69. The molecule has 0 spiro atoms. The third kappa shape index (κ3) is 2.11. The molecule has 3 nitrogen and oxygen atoms in total. The highest BCUT2D eigenvalue weighted by Gasteiger charge is 2.36. The van der Waals surface area contributed by atoms with Crippen molar-refractivity contribution in [2.45, 2.75) is 19.3 Å². The van der Waals surface area contributed by atoms with Gasteiger partial charge in [0.2, 0.25) is 0 Å². The molecule has 0 unspecified atom stereocenters. The summed E-state index contributed by atoms with van der Waals surface area (Å²) in [6, 6.07) is 4.47. The van der Waals surface area contributed by atoms with Crippen LogP contribution in [0.5, 0.6) is 5.75 Å². The van der Waals surface area contributed by atoms with Gasteiger partial charge >= 0.3 is 0 Å². The van der Waals surface area contributed by atoms with Crippen molar-refractivity contribution >= 4 is 5.69 Å². The van der Waals surface area contributed by atoms with Gasteiger partial charge in [0.25, 0.3) is 0 Å². The van der Waals surface area contributed by atoms with E-state index in [0.717, 1.165) is 12.8 Å². The van der Waals surface area contributed by atoms with Gasteiger partial charge in [-0.25, -0.2) is 4.39 Å². The van der Waals surface area contributed by atoms with Crippen LogP contribution < -0.4 is 16.2 Å². The second-order valence-electron chi connectivity index (χ2n) is 4.54. The van der Waals surface area contributed by atoms with Crippen LogP contribution in [-0.4, -0.2) is 13.2 Å². The molecule has 0 atom stereocenters. The van der Waals surface area contributed by atoms with Crippen LogP contribution >= 0.6 is 0 Å². The van der Waals surface area contributed by atoms with Crippen molar-refractivity contribution in [3.05, 3.63) is 24.0 Å². The number of rotatable bonds is 4. The molecule has 1 fully saturated rings. The molecule has 0 bridgehead atoms. The highest BCUT2D eigenvalue weighted by atomic mass is 19.1. The number of anilines is 1. The topological polar surface area (TPSA) is 61.3 Å². The van der Waals surface area contributed by atoms with Crippen LogP contribution in [0.15, 0.2) is 18.2 Å². The van der Waals surface area contributed by atoms with Crippen LogP contribution in [0, 0.1) is 11.2 Å². The molecule has 1 saturated carbocycles. The highest BCUT2D eigenvalue weighted by Crippen LogP contribution is 2.40. The maximum Gasteiger partial charge on any atom is 0.167 e. The molecule has 1 aliphatic rings. The Bertz CT molecular complexity index is 372. The van der Waals surface area contributed by atoms with E-state index in [1.807, 2.05) is 0 Å². The molecular weight excluding hydrogens is 207 g/mol. The monoisotopic (exact) mass is 224 g/mol. The van der Waals surface area contributed by atoms with E-state index in [0.29, 0.717) is 18.8 Å². The van der Waals surface area contributed by atoms with E-state index in [2.05, 4.69) is 0 Å². The zero-order valence-corrected chi connectivity index (χ0v) is 9.21. The first kappa shape index (κ1) is 11.2. The summed E-state index contributed by atoms with van der Waals surface area (Å²) in [6.07, 6.45) is 3.32. The van der Waals surface area contributed by atoms with Crippen molar-refractivity contribution in [2.24, 2.45) is 11.1 Å². The summed E-state index contributed by atoms with van der Waals surface area (Å²) in [4.78, 5) is 0. The Morgan fingerprint density at radius 1 is 1.38 bits per heavy atom. The minimum absolute atomic E-state index is 0.0633. The molecule has 1 aromatic carbocycles. The number of hydrogen-bond donors (Lipinski definition) is 2. The Balaban J connectivity index is 1.99. The van der Waals surface area contributed by atoms with E-state index in [1.165, 1.54) is 12.5 Å². The van der Waals surface area contributed by atoms with E-state index in [1.54, 1.807) is 12.1 Å². The van der Waals surface area contributed by atoms with Crippen molar-refractivity contribution in [2.75, 3.05) is 18.9 Å². The van der Waals surface area contributed by atoms with Crippen LogP contribution in [-0.2, 0) is 0 Å². The van der Waals surface area contributed by atoms with Crippen LogP contribution in [0.3, 0.4) is 0 Å². The number of nitrogen functional groups attached to an aromatic ring is 1. The van der Waals surface area contributed by atoms with Crippen molar-refractivity contribution < 1.29 is 9.13 Å². The predicted octanol–water partition coefficient (Wildman–Crippen LogP) is 1.92. The van der Waals surface area contributed by atoms with Crippen molar-refractivity contribution in [1.29, 1.82) is 0 Å². The third-order valence-corrected chi connectivity index (χ3v) is 3.34. The smallest absolute Gasteiger partial charge is 0.167 e. The highest BCUT2D eigenvalue weighted by molar-refractivity contribution is 5.42. The molecule has 88 valence electrons. The summed E-state index contributed by atoms with van der Waals surface area (Å²) in [5.41, 5.74) is 11.6. The number of hydrogen-bond acceptors (Lipinski definition) is 3. The summed E-state index contributed by atoms with van der Waals surface area (Å²) in [5.74, 6) is -0.152. The van der Waals surface area contributed by atoms with Crippen LogP contribution in [0.2, 0.25) is 0 Å². The van der Waals surface area contributed by atoms with Gasteiger partial charge in [0.15, 0.2) is 11.6 Å². The average Bonchev–Trinajstić information content (AvgIpc) is 2.19. The largest absolute Gasteiger partial charge is 0.490 e. The molecule has 0 heterocycles. The molecule has 1 aromatic rings.